The Hall–Kier alpha value is -1.95. The van der Waals surface area contributed by atoms with Crippen molar-refractivity contribution in [1.29, 1.82) is 0 Å². The van der Waals surface area contributed by atoms with Gasteiger partial charge in [-0.3, -0.25) is 9.59 Å². The smallest absolute Gasteiger partial charge is 0.254 e. The number of rotatable bonds is 7. The number of nitrogens with zero attached hydrogens (tertiary/aromatic N) is 1. The summed E-state index contributed by atoms with van der Waals surface area (Å²) in [6.45, 7) is 2.30. The second-order valence-corrected chi connectivity index (χ2v) is 4.27. The summed E-state index contributed by atoms with van der Waals surface area (Å²) >= 11 is 0. The summed E-state index contributed by atoms with van der Waals surface area (Å²) in [5, 5.41) is 11.3. The highest BCUT2D eigenvalue weighted by molar-refractivity contribution is 5.96. The SMILES string of the molecule is CCCN(CCO)C(=O)CNC(=O)c1ccccc1F. The lowest BCUT2D eigenvalue weighted by atomic mass is 10.2. The van der Waals surface area contributed by atoms with Gasteiger partial charge in [-0.05, 0) is 18.6 Å². The van der Waals surface area contributed by atoms with Crippen molar-refractivity contribution in [1.82, 2.24) is 10.2 Å². The van der Waals surface area contributed by atoms with Gasteiger partial charge in [0.05, 0.1) is 18.7 Å². The molecule has 0 heterocycles. The number of benzene rings is 1. The molecule has 110 valence electrons. The Morgan fingerprint density at radius 3 is 2.60 bits per heavy atom. The normalized spacial score (nSPS) is 10.2. The quantitative estimate of drug-likeness (QED) is 0.776. The van der Waals surface area contributed by atoms with Gasteiger partial charge in [0.25, 0.3) is 5.91 Å². The summed E-state index contributed by atoms with van der Waals surface area (Å²) in [6.07, 6.45) is 0.757. The van der Waals surface area contributed by atoms with E-state index in [9.17, 15) is 14.0 Å². The fourth-order valence-corrected chi connectivity index (χ4v) is 1.76. The van der Waals surface area contributed by atoms with Crippen LogP contribution in [0.15, 0.2) is 24.3 Å². The topological polar surface area (TPSA) is 69.6 Å². The molecule has 1 rings (SSSR count). The summed E-state index contributed by atoms with van der Waals surface area (Å²) < 4.78 is 13.4. The maximum Gasteiger partial charge on any atom is 0.254 e. The molecule has 0 unspecified atom stereocenters. The van der Waals surface area contributed by atoms with E-state index in [-0.39, 0.29) is 31.2 Å². The summed E-state index contributed by atoms with van der Waals surface area (Å²) in [4.78, 5) is 25.0. The van der Waals surface area contributed by atoms with Crippen molar-refractivity contribution in [3.8, 4) is 0 Å². The summed E-state index contributed by atoms with van der Waals surface area (Å²) in [5.74, 6) is -1.55. The van der Waals surface area contributed by atoms with Crippen molar-refractivity contribution in [3.05, 3.63) is 35.6 Å². The molecular weight excluding hydrogens is 263 g/mol. The van der Waals surface area contributed by atoms with E-state index >= 15 is 0 Å². The van der Waals surface area contributed by atoms with Crippen LogP contribution >= 0.6 is 0 Å². The Morgan fingerprint density at radius 2 is 2.00 bits per heavy atom. The van der Waals surface area contributed by atoms with Crippen molar-refractivity contribution in [2.45, 2.75) is 13.3 Å². The highest BCUT2D eigenvalue weighted by Gasteiger charge is 2.15. The van der Waals surface area contributed by atoms with E-state index in [4.69, 9.17) is 5.11 Å². The molecule has 0 aliphatic carbocycles. The maximum absolute atomic E-state index is 13.4. The summed E-state index contributed by atoms with van der Waals surface area (Å²) in [6, 6.07) is 5.58. The number of hydrogen-bond donors (Lipinski definition) is 2. The first-order valence-electron chi connectivity index (χ1n) is 6.51. The van der Waals surface area contributed by atoms with Gasteiger partial charge in [0.1, 0.15) is 5.82 Å². The third-order valence-corrected chi connectivity index (χ3v) is 2.73. The minimum absolute atomic E-state index is 0.0931. The minimum atomic E-state index is -0.628. The monoisotopic (exact) mass is 282 g/mol. The van der Waals surface area contributed by atoms with Gasteiger partial charge >= 0.3 is 0 Å². The van der Waals surface area contributed by atoms with Crippen molar-refractivity contribution < 1.29 is 19.1 Å². The van der Waals surface area contributed by atoms with Gasteiger partial charge < -0.3 is 15.3 Å². The number of halogens is 1. The van der Waals surface area contributed by atoms with Crippen molar-refractivity contribution in [3.63, 3.8) is 0 Å². The minimum Gasteiger partial charge on any atom is -0.395 e. The third-order valence-electron chi connectivity index (χ3n) is 2.73. The Balaban J connectivity index is 2.55. The summed E-state index contributed by atoms with van der Waals surface area (Å²) in [5.41, 5.74) is -0.0931. The largest absolute Gasteiger partial charge is 0.395 e. The summed E-state index contributed by atoms with van der Waals surface area (Å²) in [7, 11) is 0. The molecule has 0 aliphatic heterocycles. The predicted octanol–water partition coefficient (Wildman–Crippen LogP) is 0.786. The zero-order valence-electron chi connectivity index (χ0n) is 11.4. The third kappa shape index (κ3) is 4.62. The Bertz CT molecular complexity index is 459. The molecule has 0 radical (unpaired) electrons. The van der Waals surface area contributed by atoms with Crippen molar-refractivity contribution in [2.75, 3.05) is 26.2 Å². The van der Waals surface area contributed by atoms with Gasteiger partial charge in [-0.15, -0.1) is 0 Å². The fourth-order valence-electron chi connectivity index (χ4n) is 1.76. The van der Waals surface area contributed by atoms with E-state index < -0.39 is 11.7 Å². The first kappa shape index (κ1) is 16.1. The average Bonchev–Trinajstić information content (AvgIpc) is 2.44. The molecule has 0 fully saturated rings. The van der Waals surface area contributed by atoms with Crippen LogP contribution < -0.4 is 5.32 Å². The predicted molar refractivity (Wildman–Crippen MR) is 72.7 cm³/mol. The molecule has 0 atom stereocenters. The number of carbonyl (C=O) groups is 2. The van der Waals surface area contributed by atoms with E-state index in [0.717, 1.165) is 6.42 Å². The van der Waals surface area contributed by atoms with Gasteiger partial charge in [0.15, 0.2) is 0 Å². The maximum atomic E-state index is 13.4. The van der Waals surface area contributed by atoms with Crippen LogP contribution in [0.4, 0.5) is 4.39 Å². The number of aliphatic hydroxyl groups is 1. The molecule has 0 saturated heterocycles. The molecule has 2 amide bonds. The van der Waals surface area contributed by atoms with E-state index in [2.05, 4.69) is 5.32 Å². The number of amides is 2. The molecule has 2 N–H and O–H groups in total. The molecule has 20 heavy (non-hydrogen) atoms. The molecule has 0 aromatic heterocycles. The van der Waals surface area contributed by atoms with E-state index in [1.807, 2.05) is 6.92 Å². The molecule has 1 aromatic rings. The molecular formula is C14H19FN2O3. The van der Waals surface area contributed by atoms with Gasteiger partial charge in [-0.25, -0.2) is 4.39 Å². The molecule has 6 heteroatoms. The van der Waals surface area contributed by atoms with Crippen LogP contribution in [-0.2, 0) is 4.79 Å². The Labute approximate surface area is 117 Å². The van der Waals surface area contributed by atoms with Gasteiger partial charge in [0, 0.05) is 13.1 Å². The van der Waals surface area contributed by atoms with E-state index in [0.29, 0.717) is 6.54 Å². The molecule has 0 aliphatic rings. The first-order valence-corrected chi connectivity index (χ1v) is 6.51. The second-order valence-electron chi connectivity index (χ2n) is 4.27. The molecule has 0 spiro atoms. The molecule has 0 saturated carbocycles. The van der Waals surface area contributed by atoms with E-state index in [1.54, 1.807) is 6.07 Å². The van der Waals surface area contributed by atoms with Crippen LogP contribution in [0.25, 0.3) is 0 Å². The molecule has 0 bridgehead atoms. The molecule has 1 aromatic carbocycles. The zero-order valence-corrected chi connectivity index (χ0v) is 11.4. The van der Waals surface area contributed by atoms with Crippen LogP contribution in [0.3, 0.4) is 0 Å². The van der Waals surface area contributed by atoms with Crippen LogP contribution in [-0.4, -0.2) is 48.1 Å². The van der Waals surface area contributed by atoms with Crippen LogP contribution in [0.2, 0.25) is 0 Å². The lowest BCUT2D eigenvalue weighted by Crippen LogP contribution is -2.42. The first-order chi connectivity index (χ1) is 9.60. The zero-order chi connectivity index (χ0) is 15.0. The molecule has 5 nitrogen and oxygen atoms in total. The van der Waals surface area contributed by atoms with Crippen LogP contribution in [0, 0.1) is 5.82 Å². The Morgan fingerprint density at radius 1 is 1.30 bits per heavy atom. The number of nitrogens with one attached hydrogen (secondary N) is 1. The average molecular weight is 282 g/mol. The van der Waals surface area contributed by atoms with Crippen LogP contribution in [0.5, 0.6) is 0 Å². The number of carbonyl (C=O) groups excluding carboxylic acids is 2. The number of aliphatic hydroxyl groups excluding tert-OH is 1. The Kier molecular flexibility index (Phi) is 6.66. The lowest BCUT2D eigenvalue weighted by molar-refractivity contribution is -0.130. The van der Waals surface area contributed by atoms with Crippen molar-refractivity contribution in [2.24, 2.45) is 0 Å². The standard InChI is InChI=1S/C14H19FN2O3/c1-2-7-17(8-9-18)13(19)10-16-14(20)11-5-3-4-6-12(11)15/h3-6,18H,2,7-10H2,1H3,(H,16,20). The highest BCUT2D eigenvalue weighted by Crippen LogP contribution is 2.05. The fraction of sp³-hybridized carbons (Fsp3) is 0.429. The van der Waals surface area contributed by atoms with Gasteiger partial charge in [-0.2, -0.15) is 0 Å². The lowest BCUT2D eigenvalue weighted by Gasteiger charge is -2.21. The van der Waals surface area contributed by atoms with Gasteiger partial charge in [-0.1, -0.05) is 19.1 Å². The van der Waals surface area contributed by atoms with Gasteiger partial charge in [0.2, 0.25) is 5.91 Å². The van der Waals surface area contributed by atoms with Crippen molar-refractivity contribution >= 4 is 11.8 Å². The number of hydrogen-bond acceptors (Lipinski definition) is 3. The van der Waals surface area contributed by atoms with Crippen LogP contribution in [0.1, 0.15) is 23.7 Å². The second kappa shape index (κ2) is 8.27. The highest BCUT2D eigenvalue weighted by atomic mass is 19.1. The van der Waals surface area contributed by atoms with E-state index in [1.165, 1.54) is 23.1 Å².